The molecule has 0 fully saturated rings. The predicted molar refractivity (Wildman–Crippen MR) is 95.0 cm³/mol. The fourth-order valence-electron chi connectivity index (χ4n) is 1.96. The van der Waals surface area contributed by atoms with Crippen LogP contribution in [0, 0.1) is 0 Å². The predicted octanol–water partition coefficient (Wildman–Crippen LogP) is 2.99. The molecule has 130 valence electrons. The van der Waals surface area contributed by atoms with Crippen molar-refractivity contribution in [1.29, 1.82) is 0 Å². The topological polar surface area (TPSA) is 71.7 Å². The largest absolute Gasteiger partial charge is 0.467 e. The summed E-state index contributed by atoms with van der Waals surface area (Å²) in [4.78, 5) is 8.58. The molecule has 0 saturated heterocycles. The Bertz CT molecular complexity index is 600. The van der Waals surface area contributed by atoms with Crippen molar-refractivity contribution in [2.24, 2.45) is 4.99 Å². The lowest BCUT2D eigenvalue weighted by molar-refractivity contribution is 0.105. The number of hydrogen-bond donors (Lipinski definition) is 2. The molecular weight excluding hydrogens is 328 g/mol. The Morgan fingerprint density at radius 3 is 2.96 bits per heavy atom. The molecule has 2 heterocycles. The zero-order valence-electron chi connectivity index (χ0n) is 13.8. The number of furan rings is 1. The second-order valence-corrected chi connectivity index (χ2v) is 5.48. The van der Waals surface area contributed by atoms with Crippen LogP contribution in [0.15, 0.2) is 46.1 Å². The van der Waals surface area contributed by atoms with Crippen LogP contribution in [-0.2, 0) is 17.9 Å². The highest BCUT2D eigenvalue weighted by Gasteiger charge is 1.99. The van der Waals surface area contributed by atoms with Crippen LogP contribution in [0.25, 0.3) is 0 Å². The number of guanidine groups is 1. The number of nitrogens with zero attached hydrogens (tertiary/aromatic N) is 2. The zero-order valence-corrected chi connectivity index (χ0v) is 14.6. The molecule has 0 bridgehead atoms. The minimum Gasteiger partial charge on any atom is -0.467 e. The number of pyridine rings is 1. The lowest BCUT2D eigenvalue weighted by Gasteiger charge is -2.11. The van der Waals surface area contributed by atoms with Gasteiger partial charge in [-0.15, -0.1) is 0 Å². The molecule has 0 aliphatic carbocycles. The molecule has 2 aromatic heterocycles. The van der Waals surface area contributed by atoms with E-state index in [0.29, 0.717) is 24.9 Å². The van der Waals surface area contributed by atoms with Gasteiger partial charge in [0.1, 0.15) is 17.5 Å². The maximum atomic E-state index is 5.78. The maximum absolute atomic E-state index is 5.78. The molecule has 2 rings (SSSR count). The number of ether oxygens (including phenoxy) is 1. The first-order valence-electron chi connectivity index (χ1n) is 8.00. The van der Waals surface area contributed by atoms with Crippen molar-refractivity contribution in [3.8, 4) is 0 Å². The molecule has 0 aliphatic heterocycles. The molecule has 0 unspecified atom stereocenters. The lowest BCUT2D eigenvalue weighted by atomic mass is 10.3. The molecule has 2 N–H and O–H groups in total. The summed E-state index contributed by atoms with van der Waals surface area (Å²) in [5, 5.41) is 6.99. The summed E-state index contributed by atoms with van der Waals surface area (Å²) in [5.41, 5.74) is 1.01. The van der Waals surface area contributed by atoms with Gasteiger partial charge in [0.25, 0.3) is 0 Å². The van der Waals surface area contributed by atoms with Crippen LogP contribution in [0.2, 0.25) is 5.15 Å². The van der Waals surface area contributed by atoms with E-state index < -0.39 is 0 Å². The third-order valence-electron chi connectivity index (χ3n) is 3.13. The summed E-state index contributed by atoms with van der Waals surface area (Å²) < 4.78 is 10.8. The molecular formula is C17H23ClN4O2. The second kappa shape index (κ2) is 10.7. The molecule has 0 aliphatic rings. The van der Waals surface area contributed by atoms with Crippen LogP contribution in [-0.4, -0.2) is 30.6 Å². The summed E-state index contributed by atoms with van der Waals surface area (Å²) >= 11 is 5.78. The normalized spacial score (nSPS) is 11.5. The maximum Gasteiger partial charge on any atom is 0.191 e. The summed E-state index contributed by atoms with van der Waals surface area (Å²) in [6, 6.07) is 7.45. The van der Waals surface area contributed by atoms with Crippen LogP contribution in [0.3, 0.4) is 0 Å². The van der Waals surface area contributed by atoms with E-state index in [-0.39, 0.29) is 0 Å². The number of hydrogen-bond acceptors (Lipinski definition) is 4. The minimum absolute atomic E-state index is 0.488. The summed E-state index contributed by atoms with van der Waals surface area (Å²) in [5.74, 6) is 1.62. The number of aromatic nitrogens is 1. The molecule has 0 spiro atoms. The van der Waals surface area contributed by atoms with E-state index in [1.165, 1.54) is 0 Å². The van der Waals surface area contributed by atoms with Gasteiger partial charge >= 0.3 is 0 Å². The molecule has 0 saturated carbocycles. The van der Waals surface area contributed by atoms with Crippen molar-refractivity contribution in [2.45, 2.75) is 26.5 Å². The average molecular weight is 351 g/mol. The highest BCUT2D eigenvalue weighted by Crippen LogP contribution is 2.06. The number of rotatable bonds is 9. The van der Waals surface area contributed by atoms with Gasteiger partial charge in [-0.2, -0.15) is 0 Å². The molecule has 0 radical (unpaired) electrons. The Kier molecular flexibility index (Phi) is 8.13. The molecule has 0 aromatic carbocycles. The molecule has 6 nitrogen and oxygen atoms in total. The number of halogens is 1. The summed E-state index contributed by atoms with van der Waals surface area (Å²) in [7, 11) is 0. The van der Waals surface area contributed by atoms with Gasteiger partial charge in [-0.1, -0.05) is 17.7 Å². The fraction of sp³-hybridized carbons (Fsp3) is 0.412. The average Bonchev–Trinajstić information content (AvgIpc) is 3.10. The van der Waals surface area contributed by atoms with Crippen molar-refractivity contribution in [3.63, 3.8) is 0 Å². The van der Waals surface area contributed by atoms with Crippen molar-refractivity contribution in [2.75, 3.05) is 19.7 Å². The molecule has 0 amide bonds. The van der Waals surface area contributed by atoms with Crippen molar-refractivity contribution < 1.29 is 9.15 Å². The van der Waals surface area contributed by atoms with Crippen LogP contribution in [0.1, 0.15) is 24.7 Å². The fourth-order valence-corrected chi connectivity index (χ4v) is 2.07. The zero-order chi connectivity index (χ0) is 17.0. The quantitative estimate of drug-likeness (QED) is 0.315. The van der Waals surface area contributed by atoms with Gasteiger partial charge < -0.3 is 19.8 Å². The Balaban J connectivity index is 1.66. The Labute approximate surface area is 147 Å². The van der Waals surface area contributed by atoms with Gasteiger partial charge in [-0.05, 0) is 37.1 Å². The lowest BCUT2D eigenvalue weighted by Crippen LogP contribution is -2.38. The first-order chi connectivity index (χ1) is 11.8. The molecule has 2 aromatic rings. The minimum atomic E-state index is 0.488. The third kappa shape index (κ3) is 7.02. The Morgan fingerprint density at radius 1 is 1.33 bits per heavy atom. The standard InChI is InChI=1S/C17H23ClN4O2/c1-2-19-17(22-12-14-6-7-16(18)21-11-14)20-8-4-9-23-13-15-5-3-10-24-15/h3,5-7,10-11H,2,4,8-9,12-13H2,1H3,(H2,19,20,22). The Morgan fingerprint density at radius 2 is 2.25 bits per heavy atom. The van der Waals surface area contributed by atoms with Gasteiger partial charge in [0.15, 0.2) is 5.96 Å². The monoisotopic (exact) mass is 350 g/mol. The first-order valence-corrected chi connectivity index (χ1v) is 8.38. The molecule has 24 heavy (non-hydrogen) atoms. The smallest absolute Gasteiger partial charge is 0.191 e. The van der Waals surface area contributed by atoms with E-state index in [1.807, 2.05) is 25.1 Å². The molecule has 7 heteroatoms. The Hall–Kier alpha value is -2.05. The van der Waals surface area contributed by atoms with Crippen LogP contribution in [0.5, 0.6) is 0 Å². The van der Waals surface area contributed by atoms with Gasteiger partial charge in [0.05, 0.1) is 12.8 Å². The highest BCUT2D eigenvalue weighted by molar-refractivity contribution is 6.29. The SMILES string of the molecule is CCNC(=NCc1ccc(Cl)nc1)NCCCOCc1ccco1. The first kappa shape index (κ1) is 18.3. The molecule has 0 atom stereocenters. The van der Waals surface area contributed by atoms with Crippen LogP contribution >= 0.6 is 11.6 Å². The summed E-state index contributed by atoms with van der Waals surface area (Å²) in [6.45, 7) is 5.34. The van der Waals surface area contributed by atoms with Gasteiger partial charge in [-0.25, -0.2) is 9.98 Å². The number of nitrogens with one attached hydrogen (secondary N) is 2. The van der Waals surface area contributed by atoms with E-state index in [0.717, 1.165) is 36.8 Å². The van der Waals surface area contributed by atoms with E-state index in [4.69, 9.17) is 20.8 Å². The van der Waals surface area contributed by atoms with E-state index in [1.54, 1.807) is 18.5 Å². The van der Waals surface area contributed by atoms with Gasteiger partial charge in [-0.3, -0.25) is 0 Å². The van der Waals surface area contributed by atoms with Crippen molar-refractivity contribution in [1.82, 2.24) is 15.6 Å². The van der Waals surface area contributed by atoms with Crippen molar-refractivity contribution in [3.05, 3.63) is 53.2 Å². The van der Waals surface area contributed by atoms with E-state index in [9.17, 15) is 0 Å². The third-order valence-corrected chi connectivity index (χ3v) is 3.36. The van der Waals surface area contributed by atoms with Crippen LogP contribution in [0.4, 0.5) is 0 Å². The van der Waals surface area contributed by atoms with E-state index in [2.05, 4.69) is 20.6 Å². The second-order valence-electron chi connectivity index (χ2n) is 5.10. The van der Waals surface area contributed by atoms with Crippen LogP contribution < -0.4 is 10.6 Å². The number of aliphatic imine (C=N–C) groups is 1. The van der Waals surface area contributed by atoms with Crippen molar-refractivity contribution >= 4 is 17.6 Å². The van der Waals surface area contributed by atoms with Gasteiger partial charge in [0, 0.05) is 25.9 Å². The van der Waals surface area contributed by atoms with Gasteiger partial charge in [0.2, 0.25) is 0 Å². The summed E-state index contributed by atoms with van der Waals surface area (Å²) in [6.07, 6.45) is 4.26. The van der Waals surface area contributed by atoms with E-state index >= 15 is 0 Å². The highest BCUT2D eigenvalue weighted by atomic mass is 35.5.